The Hall–Kier alpha value is -1.75. The lowest BCUT2D eigenvalue weighted by molar-refractivity contribution is -0.00624. The Morgan fingerprint density at radius 1 is 1.39 bits per heavy atom. The molecule has 0 radical (unpaired) electrons. The number of hydrogen-bond acceptors (Lipinski definition) is 2. The Labute approximate surface area is 104 Å². The molecule has 0 aliphatic heterocycles. The lowest BCUT2D eigenvalue weighted by atomic mass is 10.1. The molecule has 3 nitrogen and oxygen atoms in total. The van der Waals surface area contributed by atoms with Gasteiger partial charge in [0, 0.05) is 5.56 Å². The van der Waals surface area contributed by atoms with E-state index in [0.29, 0.717) is 5.69 Å². The molecule has 0 aliphatic carbocycles. The maximum absolute atomic E-state index is 13.3. The number of imidazole rings is 1. The van der Waals surface area contributed by atoms with E-state index in [9.17, 15) is 8.78 Å². The summed E-state index contributed by atoms with van der Waals surface area (Å²) in [5.74, 6) is -2.92. The summed E-state index contributed by atoms with van der Waals surface area (Å²) in [6, 6.07) is 7.66. The van der Waals surface area contributed by atoms with Gasteiger partial charge in [-0.25, -0.2) is 13.8 Å². The van der Waals surface area contributed by atoms with Crippen molar-refractivity contribution in [3.05, 3.63) is 42.4 Å². The van der Waals surface area contributed by atoms with Crippen molar-refractivity contribution in [1.29, 1.82) is 0 Å². The van der Waals surface area contributed by atoms with Crippen molar-refractivity contribution in [1.82, 2.24) is 9.55 Å². The van der Waals surface area contributed by atoms with Gasteiger partial charge in [-0.1, -0.05) is 23.8 Å². The molecule has 1 heterocycles. The van der Waals surface area contributed by atoms with Gasteiger partial charge in [-0.15, -0.1) is 0 Å². The van der Waals surface area contributed by atoms with Crippen LogP contribution in [-0.2, 0) is 6.54 Å². The van der Waals surface area contributed by atoms with Crippen molar-refractivity contribution in [3.63, 3.8) is 0 Å². The zero-order valence-electron chi connectivity index (χ0n) is 10.1. The van der Waals surface area contributed by atoms with Crippen molar-refractivity contribution in [2.24, 2.45) is 5.73 Å². The van der Waals surface area contributed by atoms with Gasteiger partial charge in [0.1, 0.15) is 0 Å². The summed E-state index contributed by atoms with van der Waals surface area (Å²) in [5.41, 5.74) is 7.68. The largest absolute Gasteiger partial charge is 0.325 e. The van der Waals surface area contributed by atoms with Crippen LogP contribution < -0.4 is 5.73 Å². The quantitative estimate of drug-likeness (QED) is 0.907. The molecule has 0 saturated heterocycles. The molecule has 96 valence electrons. The van der Waals surface area contributed by atoms with Crippen LogP contribution in [-0.4, -0.2) is 22.0 Å². The Morgan fingerprint density at radius 3 is 2.83 bits per heavy atom. The van der Waals surface area contributed by atoms with E-state index in [4.69, 9.17) is 5.73 Å². The minimum atomic E-state index is -2.92. The molecule has 0 bridgehead atoms. The second-order valence-corrected chi connectivity index (χ2v) is 4.34. The molecule has 0 atom stereocenters. The molecule has 18 heavy (non-hydrogen) atoms. The first-order valence-electron chi connectivity index (χ1n) is 5.67. The summed E-state index contributed by atoms with van der Waals surface area (Å²) < 4.78 is 28.1. The minimum Gasteiger partial charge on any atom is -0.325 e. The number of aryl methyl sites for hydroxylation is 1. The van der Waals surface area contributed by atoms with Crippen LogP contribution in [0.15, 0.2) is 36.8 Å². The van der Waals surface area contributed by atoms with Crippen molar-refractivity contribution < 1.29 is 8.78 Å². The van der Waals surface area contributed by atoms with Gasteiger partial charge < -0.3 is 10.3 Å². The predicted octanol–water partition coefficient (Wildman–Crippen LogP) is 2.45. The topological polar surface area (TPSA) is 43.8 Å². The van der Waals surface area contributed by atoms with Crippen molar-refractivity contribution in [2.45, 2.75) is 19.4 Å². The van der Waals surface area contributed by atoms with Gasteiger partial charge in [-0.3, -0.25) is 0 Å². The molecule has 2 N–H and O–H groups in total. The average Bonchev–Trinajstić information content (AvgIpc) is 2.76. The summed E-state index contributed by atoms with van der Waals surface area (Å²) in [7, 11) is 0. The number of halogens is 2. The van der Waals surface area contributed by atoms with Gasteiger partial charge in [0.2, 0.25) is 0 Å². The van der Waals surface area contributed by atoms with Crippen LogP contribution in [0.2, 0.25) is 0 Å². The van der Waals surface area contributed by atoms with Crippen LogP contribution in [0.4, 0.5) is 8.78 Å². The summed E-state index contributed by atoms with van der Waals surface area (Å²) in [6.07, 6.45) is 2.99. The first-order valence-corrected chi connectivity index (χ1v) is 5.67. The van der Waals surface area contributed by atoms with E-state index in [2.05, 4.69) is 4.98 Å². The Balaban J connectivity index is 2.33. The second kappa shape index (κ2) is 4.86. The van der Waals surface area contributed by atoms with Gasteiger partial charge in [0.25, 0.3) is 5.92 Å². The number of alkyl halides is 2. The van der Waals surface area contributed by atoms with Crippen LogP contribution in [0.1, 0.15) is 5.56 Å². The molecule has 0 spiro atoms. The zero-order chi connectivity index (χ0) is 13.2. The van der Waals surface area contributed by atoms with Gasteiger partial charge in [0.15, 0.2) is 0 Å². The summed E-state index contributed by atoms with van der Waals surface area (Å²) in [6.45, 7) is 0.837. The Morgan fingerprint density at radius 2 is 2.17 bits per heavy atom. The van der Waals surface area contributed by atoms with Crippen molar-refractivity contribution >= 4 is 0 Å². The highest BCUT2D eigenvalue weighted by atomic mass is 19.3. The second-order valence-electron chi connectivity index (χ2n) is 4.34. The van der Waals surface area contributed by atoms with E-state index in [0.717, 1.165) is 11.1 Å². The molecule has 2 rings (SSSR count). The minimum absolute atomic E-state index is 0.452. The first-order chi connectivity index (χ1) is 8.52. The summed E-state index contributed by atoms with van der Waals surface area (Å²) in [4.78, 5) is 3.94. The number of hydrogen-bond donors (Lipinski definition) is 1. The fourth-order valence-electron chi connectivity index (χ4n) is 1.81. The van der Waals surface area contributed by atoms with Gasteiger partial charge >= 0.3 is 0 Å². The van der Waals surface area contributed by atoms with Crippen molar-refractivity contribution in [3.8, 4) is 11.3 Å². The van der Waals surface area contributed by atoms with E-state index in [1.807, 2.05) is 31.2 Å². The lowest BCUT2D eigenvalue weighted by Gasteiger charge is -2.16. The third kappa shape index (κ3) is 2.73. The number of rotatable bonds is 4. The van der Waals surface area contributed by atoms with Gasteiger partial charge in [0.05, 0.1) is 31.3 Å². The van der Waals surface area contributed by atoms with E-state index >= 15 is 0 Å². The number of nitrogens with two attached hydrogens (primary N) is 1. The third-order valence-electron chi connectivity index (χ3n) is 2.73. The van der Waals surface area contributed by atoms with Gasteiger partial charge in [-0.2, -0.15) is 0 Å². The Kier molecular flexibility index (Phi) is 3.43. The fraction of sp³-hybridized carbons (Fsp3) is 0.308. The summed E-state index contributed by atoms with van der Waals surface area (Å²) >= 11 is 0. The lowest BCUT2D eigenvalue weighted by Crippen LogP contribution is -2.32. The molecular formula is C13H15F2N3. The highest BCUT2D eigenvalue weighted by molar-refractivity contribution is 5.59. The molecule has 1 aromatic carbocycles. The fourth-order valence-corrected chi connectivity index (χ4v) is 1.81. The SMILES string of the molecule is Cc1cccc(-c2cncn2CC(F)(F)CN)c1. The molecule has 0 aliphatic rings. The normalized spacial score (nSPS) is 11.8. The maximum Gasteiger partial charge on any atom is 0.277 e. The molecule has 0 unspecified atom stereocenters. The van der Waals surface area contributed by atoms with Crippen LogP contribution in [0.5, 0.6) is 0 Å². The number of aromatic nitrogens is 2. The first kappa shape index (κ1) is 12.7. The van der Waals surface area contributed by atoms with Crippen LogP contribution >= 0.6 is 0 Å². The van der Waals surface area contributed by atoms with Crippen LogP contribution in [0, 0.1) is 6.92 Å². The zero-order valence-corrected chi connectivity index (χ0v) is 10.1. The molecule has 5 heteroatoms. The van der Waals surface area contributed by atoms with E-state index in [1.165, 1.54) is 10.9 Å². The predicted molar refractivity (Wildman–Crippen MR) is 66.4 cm³/mol. The third-order valence-corrected chi connectivity index (χ3v) is 2.73. The van der Waals surface area contributed by atoms with Crippen molar-refractivity contribution in [2.75, 3.05) is 6.54 Å². The number of benzene rings is 1. The monoisotopic (exact) mass is 251 g/mol. The average molecular weight is 251 g/mol. The molecule has 1 aromatic heterocycles. The molecule has 0 amide bonds. The van der Waals surface area contributed by atoms with E-state index < -0.39 is 19.0 Å². The van der Waals surface area contributed by atoms with Crippen LogP contribution in [0.3, 0.4) is 0 Å². The summed E-state index contributed by atoms with van der Waals surface area (Å²) in [5, 5.41) is 0. The molecule has 0 saturated carbocycles. The number of nitrogens with zero attached hydrogens (tertiary/aromatic N) is 2. The van der Waals surface area contributed by atoms with Crippen LogP contribution in [0.25, 0.3) is 11.3 Å². The smallest absolute Gasteiger partial charge is 0.277 e. The Bertz CT molecular complexity index is 535. The molecule has 2 aromatic rings. The van der Waals surface area contributed by atoms with E-state index in [1.54, 1.807) is 6.20 Å². The molecular weight excluding hydrogens is 236 g/mol. The standard InChI is InChI=1S/C13H15F2N3/c1-10-3-2-4-11(5-10)12-6-17-9-18(12)8-13(14,15)7-16/h2-6,9H,7-8,16H2,1H3. The highest BCUT2D eigenvalue weighted by Crippen LogP contribution is 2.23. The maximum atomic E-state index is 13.3. The van der Waals surface area contributed by atoms with Gasteiger partial charge in [-0.05, 0) is 13.0 Å². The highest BCUT2D eigenvalue weighted by Gasteiger charge is 2.28. The molecule has 0 fully saturated rings. The van der Waals surface area contributed by atoms with E-state index in [-0.39, 0.29) is 0 Å².